The predicted octanol–water partition coefficient (Wildman–Crippen LogP) is 4.34. The fraction of sp³-hybridized carbons (Fsp3) is 0.308. The Kier molecular flexibility index (Phi) is 6.03. The molecule has 2 saturated heterocycles. The summed E-state index contributed by atoms with van der Waals surface area (Å²) in [5.74, 6) is -0.642. The van der Waals surface area contributed by atoms with Gasteiger partial charge in [0.25, 0.3) is 5.91 Å². The van der Waals surface area contributed by atoms with E-state index in [1.165, 1.54) is 4.90 Å². The Morgan fingerprint density at radius 3 is 2.36 bits per heavy atom. The number of hydrogen-bond donors (Lipinski definition) is 0. The largest absolute Gasteiger partial charge is 0.332 e. The minimum atomic E-state index is -1.14. The molecule has 184 valence electrons. The normalized spacial score (nSPS) is 22.2. The molecule has 2 atom stereocenters. The molecule has 0 radical (unpaired) electrons. The molecule has 10 heteroatoms. The van der Waals surface area contributed by atoms with Crippen molar-refractivity contribution >= 4 is 40.8 Å². The Hall–Kier alpha value is -3.38. The molecule has 0 bridgehead atoms. The Balaban J connectivity index is 1.59. The van der Waals surface area contributed by atoms with Crippen LogP contribution in [-0.2, 0) is 18.4 Å². The van der Waals surface area contributed by atoms with Crippen molar-refractivity contribution < 1.29 is 9.59 Å². The molecule has 0 saturated carbocycles. The van der Waals surface area contributed by atoms with Gasteiger partial charge >= 0.3 is 6.03 Å². The number of aryl methyl sites for hydroxylation is 1. The van der Waals surface area contributed by atoms with Gasteiger partial charge in [0, 0.05) is 61.0 Å². The van der Waals surface area contributed by atoms with Crippen LogP contribution in [0.4, 0.5) is 10.5 Å². The summed E-state index contributed by atoms with van der Waals surface area (Å²) in [7, 11) is 3.56. The van der Waals surface area contributed by atoms with Crippen molar-refractivity contribution in [1.82, 2.24) is 19.6 Å². The first-order valence-electron chi connectivity index (χ1n) is 11.4. The van der Waals surface area contributed by atoms with Gasteiger partial charge in [-0.2, -0.15) is 10.4 Å². The van der Waals surface area contributed by atoms with E-state index in [1.807, 2.05) is 37.0 Å². The maximum atomic E-state index is 14.2. The van der Waals surface area contributed by atoms with Crippen LogP contribution < -0.4 is 4.90 Å². The van der Waals surface area contributed by atoms with Crippen molar-refractivity contribution in [2.75, 3.05) is 25.0 Å². The lowest BCUT2D eigenvalue weighted by atomic mass is 9.80. The molecule has 3 aromatic rings. The molecule has 0 aliphatic carbocycles. The van der Waals surface area contributed by atoms with Crippen molar-refractivity contribution in [3.63, 3.8) is 0 Å². The first-order chi connectivity index (χ1) is 17.1. The second-order valence-corrected chi connectivity index (χ2v) is 10.2. The van der Waals surface area contributed by atoms with E-state index in [-0.39, 0.29) is 11.8 Å². The smallest absolute Gasteiger partial charge is 0.310 e. The zero-order chi connectivity index (χ0) is 25.8. The number of anilines is 1. The average molecular weight is 523 g/mol. The van der Waals surface area contributed by atoms with Gasteiger partial charge in [-0.05, 0) is 42.8 Å². The highest BCUT2D eigenvalue weighted by molar-refractivity contribution is 6.35. The number of carbonyl (C=O) groups is 2. The molecule has 1 spiro atoms. The third kappa shape index (κ3) is 3.75. The van der Waals surface area contributed by atoms with Crippen molar-refractivity contribution in [3.05, 3.63) is 81.1 Å². The zero-order valence-corrected chi connectivity index (χ0v) is 21.6. The molecule has 2 unspecified atom stereocenters. The molecule has 5 rings (SSSR count). The van der Waals surface area contributed by atoms with Crippen molar-refractivity contribution in [3.8, 4) is 6.07 Å². The van der Waals surface area contributed by atoms with E-state index in [0.717, 1.165) is 16.8 Å². The second-order valence-electron chi connectivity index (χ2n) is 9.37. The molecule has 2 aromatic carbocycles. The number of hydrogen-bond acceptors (Lipinski definition) is 5. The molecule has 3 amide bonds. The maximum Gasteiger partial charge on any atom is 0.332 e. The number of imide groups is 1. The van der Waals surface area contributed by atoms with Crippen molar-refractivity contribution in [2.45, 2.75) is 24.9 Å². The van der Waals surface area contributed by atoms with E-state index in [4.69, 9.17) is 23.2 Å². The number of benzene rings is 2. The molecule has 0 N–H and O–H groups in total. The van der Waals surface area contributed by atoms with E-state index in [9.17, 15) is 14.9 Å². The molecule has 36 heavy (non-hydrogen) atoms. The molecule has 8 nitrogen and oxygen atoms in total. The summed E-state index contributed by atoms with van der Waals surface area (Å²) in [6.07, 6.45) is 1.84. The van der Waals surface area contributed by atoms with Gasteiger partial charge in [-0.15, -0.1) is 0 Å². The van der Waals surface area contributed by atoms with Crippen LogP contribution in [0.15, 0.2) is 48.7 Å². The summed E-state index contributed by atoms with van der Waals surface area (Å²) >= 11 is 12.4. The first kappa shape index (κ1) is 24.3. The van der Waals surface area contributed by atoms with Crippen LogP contribution in [0.1, 0.15) is 28.3 Å². The number of likely N-dealkylation sites (N-methyl/N-ethyl adjacent to an activating group) is 1. The van der Waals surface area contributed by atoms with Crippen LogP contribution in [-0.4, -0.2) is 57.2 Å². The van der Waals surface area contributed by atoms with E-state index in [2.05, 4.69) is 16.1 Å². The highest BCUT2D eigenvalue weighted by Crippen LogP contribution is 2.47. The van der Waals surface area contributed by atoms with Gasteiger partial charge < -0.3 is 4.90 Å². The van der Waals surface area contributed by atoms with Crippen LogP contribution in [0.5, 0.6) is 0 Å². The first-order valence-corrected chi connectivity index (χ1v) is 12.2. The van der Waals surface area contributed by atoms with Crippen LogP contribution in [0.3, 0.4) is 0 Å². The fourth-order valence-corrected chi connectivity index (χ4v) is 5.87. The van der Waals surface area contributed by atoms with Crippen LogP contribution in [0.25, 0.3) is 0 Å². The van der Waals surface area contributed by atoms with Gasteiger partial charge in [-0.3, -0.25) is 14.4 Å². The minimum absolute atomic E-state index is 0.316. The molecule has 2 aliphatic rings. The number of amides is 3. The Bertz CT molecular complexity index is 1390. The lowest BCUT2D eigenvalue weighted by molar-refractivity contribution is -0.124. The Morgan fingerprint density at radius 1 is 1.11 bits per heavy atom. The van der Waals surface area contributed by atoms with Gasteiger partial charge in [0.15, 0.2) is 0 Å². The maximum absolute atomic E-state index is 14.2. The summed E-state index contributed by atoms with van der Waals surface area (Å²) in [4.78, 5) is 32.7. The lowest BCUT2D eigenvalue weighted by Gasteiger charge is -2.34. The minimum Gasteiger partial charge on any atom is -0.310 e. The molecular weight excluding hydrogens is 499 g/mol. The molecule has 1 aromatic heterocycles. The summed E-state index contributed by atoms with van der Waals surface area (Å²) in [5, 5.41) is 14.3. The molecule has 2 aliphatic heterocycles. The van der Waals surface area contributed by atoms with E-state index >= 15 is 0 Å². The summed E-state index contributed by atoms with van der Waals surface area (Å²) in [6, 6.07) is 13.6. The van der Waals surface area contributed by atoms with E-state index in [0.29, 0.717) is 40.9 Å². The Labute approximate surface area is 219 Å². The van der Waals surface area contributed by atoms with E-state index < -0.39 is 11.6 Å². The van der Waals surface area contributed by atoms with Gasteiger partial charge in [-0.1, -0.05) is 35.3 Å². The third-order valence-corrected chi connectivity index (χ3v) is 7.85. The third-order valence-electron chi connectivity index (χ3n) is 7.41. The number of rotatable bonds is 4. The predicted molar refractivity (Wildman–Crippen MR) is 137 cm³/mol. The molecule has 2 fully saturated rings. The molecule has 3 heterocycles. The molecular formula is C26H24Cl2N6O2. The summed E-state index contributed by atoms with van der Waals surface area (Å²) in [6.45, 7) is 3.49. The van der Waals surface area contributed by atoms with Gasteiger partial charge in [0.2, 0.25) is 0 Å². The summed E-state index contributed by atoms with van der Waals surface area (Å²) < 4.78 is 1.82. The number of likely N-dealkylation sites (tertiary alicyclic amines) is 1. The van der Waals surface area contributed by atoms with E-state index in [1.54, 1.807) is 42.3 Å². The monoisotopic (exact) mass is 522 g/mol. The van der Waals surface area contributed by atoms with Crippen LogP contribution in [0, 0.1) is 18.3 Å². The number of carbonyl (C=O) groups excluding carboxylic acids is 2. The van der Waals surface area contributed by atoms with Crippen LogP contribution in [0.2, 0.25) is 10.0 Å². The highest BCUT2D eigenvalue weighted by Gasteiger charge is 2.64. The number of halogens is 2. The summed E-state index contributed by atoms with van der Waals surface area (Å²) in [5.41, 5.74) is 2.72. The SMILES string of the molecule is Cc1c(CN2CC(c3ccc(C#N)cc3)C3(C2)C(=O)N(c2cc(Cl)cc(Cl)c2)C(=O)N3C)cnn1C. The lowest BCUT2D eigenvalue weighted by Crippen LogP contribution is -2.53. The number of urea groups is 1. The zero-order valence-electron chi connectivity index (χ0n) is 20.1. The Morgan fingerprint density at radius 2 is 1.78 bits per heavy atom. The van der Waals surface area contributed by atoms with Crippen molar-refractivity contribution in [2.24, 2.45) is 7.05 Å². The fourth-order valence-electron chi connectivity index (χ4n) is 5.35. The van der Waals surface area contributed by atoms with Gasteiger partial charge in [0.05, 0.1) is 23.5 Å². The van der Waals surface area contributed by atoms with Gasteiger partial charge in [0.1, 0.15) is 5.54 Å². The topological polar surface area (TPSA) is 85.5 Å². The average Bonchev–Trinajstić information content (AvgIpc) is 3.44. The van der Waals surface area contributed by atoms with Gasteiger partial charge in [-0.25, -0.2) is 9.69 Å². The van der Waals surface area contributed by atoms with Crippen LogP contribution >= 0.6 is 23.2 Å². The number of nitrogens with zero attached hydrogens (tertiary/aromatic N) is 6. The second kappa shape index (κ2) is 8.93. The standard InChI is InChI=1S/C26H24Cl2N6O2/c1-16-19(12-30-32(16)3)13-33-14-23(18-6-4-17(11-29)5-7-18)26(15-33)24(35)34(25(36)31(26)2)22-9-20(27)8-21(28)10-22/h4-10,12,23H,13-15H2,1-3H3. The highest BCUT2D eigenvalue weighted by atomic mass is 35.5. The number of aromatic nitrogens is 2. The van der Waals surface area contributed by atoms with Crippen molar-refractivity contribution in [1.29, 1.82) is 5.26 Å². The number of nitriles is 1. The quantitative estimate of drug-likeness (QED) is 0.475.